The van der Waals surface area contributed by atoms with Crippen molar-refractivity contribution < 1.29 is 21.3 Å². The first-order valence-corrected chi connectivity index (χ1v) is 15.0. The van der Waals surface area contributed by atoms with Crippen LogP contribution < -0.4 is 0 Å². The minimum atomic E-state index is -2.11. The minimum absolute atomic E-state index is 0.175. The van der Waals surface area contributed by atoms with Gasteiger partial charge in [-0.3, -0.25) is 0 Å². The van der Waals surface area contributed by atoms with E-state index in [1.165, 1.54) is 33.4 Å². The second-order valence-electron chi connectivity index (χ2n) is 10.4. The second kappa shape index (κ2) is 6.88. The molecule has 0 bridgehead atoms. The number of allylic oxidation sites excluding steroid dienone is 4. The van der Waals surface area contributed by atoms with Gasteiger partial charge in [-0.05, 0) is 0 Å². The molecule has 0 fully saturated rings. The van der Waals surface area contributed by atoms with E-state index in [1.54, 1.807) is 0 Å². The molecule has 0 saturated heterocycles. The Bertz CT molecular complexity index is 924. The molecule has 2 aliphatic carbocycles. The van der Waals surface area contributed by atoms with Crippen LogP contribution in [-0.2, 0) is 21.3 Å². The molecule has 2 aromatic carbocycles. The van der Waals surface area contributed by atoms with E-state index in [1.807, 2.05) is 0 Å². The van der Waals surface area contributed by atoms with Crippen LogP contribution in [0, 0.1) is 10.8 Å². The quantitative estimate of drug-likeness (QED) is 0.450. The van der Waals surface area contributed by atoms with Gasteiger partial charge in [0.2, 0.25) is 0 Å². The van der Waals surface area contributed by atoms with Gasteiger partial charge in [0, 0.05) is 0 Å². The van der Waals surface area contributed by atoms with Crippen molar-refractivity contribution in [2.24, 2.45) is 10.8 Å². The van der Waals surface area contributed by atoms with Crippen molar-refractivity contribution in [3.8, 4) is 0 Å². The Morgan fingerprint density at radius 2 is 1.00 bits per heavy atom. The third kappa shape index (κ3) is 3.31. The average molecular weight is 448 g/mol. The Hall–Kier alpha value is -1.33. The Morgan fingerprint density at radius 3 is 1.36 bits per heavy atom. The van der Waals surface area contributed by atoms with E-state index in [-0.39, 0.29) is 10.8 Å². The molecule has 0 aromatic heterocycles. The Balaban J connectivity index is 1.81. The molecule has 2 aliphatic rings. The first-order chi connectivity index (χ1) is 13.1. The van der Waals surface area contributed by atoms with Crippen LogP contribution in [0.5, 0.6) is 0 Å². The average Bonchev–Trinajstić information content (AvgIpc) is 3.20. The summed E-state index contributed by atoms with van der Waals surface area (Å²) in [6.07, 6.45) is 5.19. The molecule has 0 N–H and O–H groups in total. The molecule has 0 aliphatic heterocycles. The normalized spacial score (nSPS) is 21.1. The molecular weight excluding hydrogens is 416 g/mol. The van der Waals surface area contributed by atoms with Gasteiger partial charge in [0.05, 0.1) is 0 Å². The van der Waals surface area contributed by atoms with Crippen LogP contribution in [0.25, 0.3) is 11.1 Å². The van der Waals surface area contributed by atoms with E-state index < -0.39 is 21.3 Å². The van der Waals surface area contributed by atoms with Crippen molar-refractivity contribution in [1.29, 1.82) is 0 Å². The topological polar surface area (TPSA) is 0 Å². The number of hydrogen-bond acceptors (Lipinski definition) is 0. The van der Waals surface area contributed by atoms with Crippen LogP contribution >= 0.6 is 0 Å². The third-order valence-corrected chi connectivity index (χ3v) is 12.5. The maximum absolute atomic E-state index is 4.94. The zero-order valence-electron chi connectivity index (χ0n) is 18.1. The molecule has 4 rings (SSSR count). The van der Waals surface area contributed by atoms with Gasteiger partial charge in [-0.2, -0.15) is 0 Å². The van der Waals surface area contributed by atoms with Gasteiger partial charge < -0.3 is 0 Å². The van der Waals surface area contributed by atoms with E-state index in [9.17, 15) is 0 Å². The molecule has 2 atom stereocenters. The zero-order chi connectivity index (χ0) is 20.3. The monoisotopic (exact) mass is 446 g/mol. The van der Waals surface area contributed by atoms with E-state index in [2.05, 4.69) is 102 Å². The summed E-state index contributed by atoms with van der Waals surface area (Å²) in [6, 6.07) is 18.2. The van der Waals surface area contributed by atoms with Crippen molar-refractivity contribution in [2.75, 3.05) is 0 Å². The molecule has 2 unspecified atom stereocenters. The van der Waals surface area contributed by atoms with E-state index in [4.69, 9.17) is 4.21 Å². The number of rotatable bonds is 2. The first-order valence-electron chi connectivity index (χ1n) is 10.4. The summed E-state index contributed by atoms with van der Waals surface area (Å²) in [6.45, 7) is 14.0. The fraction of sp³-hybridized carbons (Fsp3) is 0.370. The number of benzene rings is 2. The van der Waals surface area contributed by atoms with Crippen molar-refractivity contribution in [2.45, 2.75) is 48.8 Å². The Kier molecular flexibility index (Phi) is 4.90. The third-order valence-electron chi connectivity index (χ3n) is 6.25. The van der Waals surface area contributed by atoms with Gasteiger partial charge in [-0.25, -0.2) is 0 Å². The van der Waals surface area contributed by atoms with E-state index in [0.717, 1.165) is 0 Å². The summed E-state index contributed by atoms with van der Waals surface area (Å²) in [5.74, 6) is 0. The fourth-order valence-electron chi connectivity index (χ4n) is 4.83. The van der Waals surface area contributed by atoms with Gasteiger partial charge in [0.25, 0.3) is 0 Å². The predicted molar refractivity (Wildman–Crippen MR) is 120 cm³/mol. The predicted octanol–water partition coefficient (Wildman–Crippen LogP) is 7.41. The van der Waals surface area contributed by atoms with E-state index >= 15 is 0 Å². The standard InChI is InChI=1S/2C13H15.CH2.Zr/c2*1-13(2,3)12-9-8-10-6-4-5-7-11(10)12;;/h2*4-9H,1-3H3;1H2;. The summed E-state index contributed by atoms with van der Waals surface area (Å²) in [5, 5.41) is 0. The van der Waals surface area contributed by atoms with Gasteiger partial charge >= 0.3 is 179 Å². The molecule has 0 saturated carbocycles. The van der Waals surface area contributed by atoms with Gasteiger partial charge in [-0.1, -0.05) is 0 Å². The Morgan fingerprint density at radius 1 is 0.643 bits per heavy atom. The van der Waals surface area contributed by atoms with Crippen LogP contribution in [0.4, 0.5) is 0 Å². The van der Waals surface area contributed by atoms with Crippen LogP contribution in [0.15, 0.2) is 60.7 Å². The summed E-state index contributed by atoms with van der Waals surface area (Å²) in [4.78, 5) is 0. The summed E-state index contributed by atoms with van der Waals surface area (Å²) in [7, 11) is 0. The molecule has 0 spiro atoms. The molecule has 1 heteroatoms. The van der Waals surface area contributed by atoms with Crippen molar-refractivity contribution in [3.05, 3.63) is 82.9 Å². The van der Waals surface area contributed by atoms with Crippen molar-refractivity contribution in [3.63, 3.8) is 0 Å². The fourth-order valence-corrected chi connectivity index (χ4v) is 10.9. The van der Waals surface area contributed by atoms with E-state index in [0.29, 0.717) is 7.25 Å². The van der Waals surface area contributed by atoms with Gasteiger partial charge in [0.1, 0.15) is 0 Å². The molecular formula is C27H32Zr. The summed E-state index contributed by atoms with van der Waals surface area (Å²) >= 11 is -2.11. The molecule has 2 aromatic rings. The summed E-state index contributed by atoms with van der Waals surface area (Å²) in [5.41, 5.74) is 9.38. The molecule has 28 heavy (non-hydrogen) atoms. The van der Waals surface area contributed by atoms with Crippen LogP contribution in [0.3, 0.4) is 0 Å². The maximum atomic E-state index is 4.94. The van der Waals surface area contributed by atoms with Crippen molar-refractivity contribution >= 4 is 15.4 Å². The zero-order valence-corrected chi connectivity index (χ0v) is 20.6. The molecule has 0 nitrogen and oxygen atoms in total. The molecule has 144 valence electrons. The number of fused-ring (bicyclic) bond motifs is 2. The Labute approximate surface area is 178 Å². The second-order valence-corrected chi connectivity index (χ2v) is 16.2. The molecule has 0 amide bonds. The first kappa shape index (κ1) is 20.0. The molecule has 0 radical (unpaired) electrons. The number of hydrogen-bond donors (Lipinski definition) is 0. The van der Waals surface area contributed by atoms with Crippen molar-refractivity contribution in [1.82, 2.24) is 0 Å². The SMILES string of the molecule is [CH2]=[Zr]([CH]1C=C(C(C)(C)C)c2ccccc21)[CH]1C=C(C(C)(C)C)c2ccccc21. The van der Waals surface area contributed by atoms with Crippen LogP contribution in [0.2, 0.25) is 0 Å². The molecule has 0 heterocycles. The van der Waals surface area contributed by atoms with Crippen LogP contribution in [-0.4, -0.2) is 4.21 Å². The van der Waals surface area contributed by atoms with Gasteiger partial charge in [-0.15, -0.1) is 0 Å². The van der Waals surface area contributed by atoms with Gasteiger partial charge in [0.15, 0.2) is 0 Å². The summed E-state index contributed by atoms with van der Waals surface area (Å²) < 4.78 is 6.05. The van der Waals surface area contributed by atoms with Crippen LogP contribution in [0.1, 0.15) is 71.0 Å².